The zero-order valence-corrected chi connectivity index (χ0v) is 13.8. The highest BCUT2D eigenvalue weighted by molar-refractivity contribution is 5.56. The van der Waals surface area contributed by atoms with Crippen LogP contribution in [0.5, 0.6) is 5.75 Å². The number of rotatable bonds is 6. The van der Waals surface area contributed by atoms with E-state index in [2.05, 4.69) is 15.5 Å². The number of hydrogen-bond acceptors (Lipinski definition) is 5. The maximum Gasteiger partial charge on any atom is 0.243 e. The van der Waals surface area contributed by atoms with Gasteiger partial charge in [-0.1, -0.05) is 17.3 Å². The van der Waals surface area contributed by atoms with Gasteiger partial charge in [0.15, 0.2) is 0 Å². The minimum atomic E-state index is -0.482. The van der Waals surface area contributed by atoms with Crippen molar-refractivity contribution in [2.75, 3.05) is 7.11 Å². The number of halogens is 2. The summed E-state index contributed by atoms with van der Waals surface area (Å²) in [6.07, 6.45) is 0. The third-order valence-electron chi connectivity index (χ3n) is 3.75. The van der Waals surface area contributed by atoms with Gasteiger partial charge in [-0.25, -0.2) is 8.78 Å². The molecular weight excluding hydrogens is 328 g/mol. The van der Waals surface area contributed by atoms with Gasteiger partial charge in [0.1, 0.15) is 17.4 Å². The Hall–Kier alpha value is -2.80. The van der Waals surface area contributed by atoms with Crippen LogP contribution in [0, 0.1) is 11.6 Å². The standard InChI is InChI=1S/C18H17F2N3O2/c1-11(21-10-13-8-14(19)6-7-16(13)20)18-22-17(23-25-18)12-4-3-5-15(9-12)24-2/h3-9,11,21H,10H2,1-2H3/t11-/m0/s1. The Morgan fingerprint density at radius 3 is 2.84 bits per heavy atom. The first kappa shape index (κ1) is 17.0. The minimum absolute atomic E-state index is 0.141. The van der Waals surface area contributed by atoms with Crippen molar-refractivity contribution in [3.8, 4) is 17.1 Å². The van der Waals surface area contributed by atoms with Gasteiger partial charge < -0.3 is 14.6 Å². The molecule has 0 unspecified atom stereocenters. The third kappa shape index (κ3) is 4.00. The molecule has 0 aliphatic heterocycles. The summed E-state index contributed by atoms with van der Waals surface area (Å²) in [4.78, 5) is 4.34. The van der Waals surface area contributed by atoms with Crippen LogP contribution in [0.3, 0.4) is 0 Å². The van der Waals surface area contributed by atoms with Crippen LogP contribution in [-0.2, 0) is 6.54 Å². The first-order valence-corrected chi connectivity index (χ1v) is 7.72. The number of ether oxygens (including phenoxy) is 1. The van der Waals surface area contributed by atoms with E-state index in [0.29, 0.717) is 17.5 Å². The molecule has 0 aliphatic carbocycles. The molecule has 0 saturated heterocycles. The van der Waals surface area contributed by atoms with Gasteiger partial charge in [-0.05, 0) is 37.3 Å². The predicted octanol–water partition coefficient (Wildman–Crippen LogP) is 3.87. The van der Waals surface area contributed by atoms with E-state index in [9.17, 15) is 8.78 Å². The number of benzene rings is 2. The highest BCUT2D eigenvalue weighted by atomic mass is 19.1. The zero-order chi connectivity index (χ0) is 17.8. The summed E-state index contributed by atoms with van der Waals surface area (Å²) in [6.45, 7) is 1.95. The van der Waals surface area contributed by atoms with Gasteiger partial charge in [-0.2, -0.15) is 4.98 Å². The van der Waals surface area contributed by atoms with Crippen molar-refractivity contribution in [2.45, 2.75) is 19.5 Å². The molecule has 0 aliphatic rings. The first-order valence-electron chi connectivity index (χ1n) is 7.72. The van der Waals surface area contributed by atoms with Crippen LogP contribution < -0.4 is 10.1 Å². The van der Waals surface area contributed by atoms with Crippen molar-refractivity contribution in [1.82, 2.24) is 15.5 Å². The molecule has 130 valence electrons. The van der Waals surface area contributed by atoms with E-state index < -0.39 is 11.6 Å². The lowest BCUT2D eigenvalue weighted by Gasteiger charge is -2.10. The van der Waals surface area contributed by atoms with E-state index >= 15 is 0 Å². The number of methoxy groups -OCH3 is 1. The van der Waals surface area contributed by atoms with Gasteiger partial charge in [-0.3, -0.25) is 0 Å². The molecule has 0 bridgehead atoms. The van der Waals surface area contributed by atoms with Crippen molar-refractivity contribution in [2.24, 2.45) is 0 Å². The van der Waals surface area contributed by atoms with Gasteiger partial charge in [0.25, 0.3) is 0 Å². The molecule has 1 N–H and O–H groups in total. The summed E-state index contributed by atoms with van der Waals surface area (Å²) in [5, 5.41) is 7.00. The maximum absolute atomic E-state index is 13.6. The van der Waals surface area contributed by atoms with E-state index in [1.54, 1.807) is 20.1 Å². The fourth-order valence-electron chi connectivity index (χ4n) is 2.32. The number of aromatic nitrogens is 2. The van der Waals surface area contributed by atoms with Gasteiger partial charge >= 0.3 is 0 Å². The molecule has 2 aromatic carbocycles. The van der Waals surface area contributed by atoms with E-state index in [-0.39, 0.29) is 18.2 Å². The lowest BCUT2D eigenvalue weighted by molar-refractivity contribution is 0.338. The topological polar surface area (TPSA) is 60.2 Å². The van der Waals surface area contributed by atoms with Crippen molar-refractivity contribution >= 4 is 0 Å². The fourth-order valence-corrected chi connectivity index (χ4v) is 2.32. The number of hydrogen-bond donors (Lipinski definition) is 1. The molecule has 5 nitrogen and oxygen atoms in total. The van der Waals surface area contributed by atoms with E-state index in [1.165, 1.54) is 0 Å². The Kier molecular flexibility index (Phi) is 5.04. The lowest BCUT2D eigenvalue weighted by Crippen LogP contribution is -2.19. The summed E-state index contributed by atoms with van der Waals surface area (Å²) >= 11 is 0. The quantitative estimate of drug-likeness (QED) is 0.735. The Balaban J connectivity index is 1.70. The fraction of sp³-hybridized carbons (Fsp3) is 0.222. The molecule has 0 spiro atoms. The van der Waals surface area contributed by atoms with Gasteiger partial charge in [0.05, 0.1) is 13.2 Å². The summed E-state index contributed by atoms with van der Waals surface area (Å²) in [7, 11) is 1.58. The molecule has 0 saturated carbocycles. The van der Waals surface area contributed by atoms with Crippen molar-refractivity contribution in [1.29, 1.82) is 0 Å². The highest BCUT2D eigenvalue weighted by Crippen LogP contribution is 2.23. The molecule has 3 rings (SSSR count). The molecule has 1 atom stereocenters. The molecule has 3 aromatic rings. The molecule has 1 heterocycles. The predicted molar refractivity (Wildman–Crippen MR) is 87.9 cm³/mol. The maximum atomic E-state index is 13.6. The molecule has 7 heteroatoms. The molecule has 1 aromatic heterocycles. The van der Waals surface area contributed by atoms with E-state index in [4.69, 9.17) is 9.26 Å². The third-order valence-corrected chi connectivity index (χ3v) is 3.75. The van der Waals surface area contributed by atoms with Gasteiger partial charge in [0, 0.05) is 17.7 Å². The Labute approximate surface area is 143 Å². The average Bonchev–Trinajstić information content (AvgIpc) is 3.12. The first-order chi connectivity index (χ1) is 12.1. The Morgan fingerprint density at radius 1 is 1.20 bits per heavy atom. The monoisotopic (exact) mass is 345 g/mol. The summed E-state index contributed by atoms with van der Waals surface area (Å²) in [5.74, 6) is 0.526. The van der Waals surface area contributed by atoms with Gasteiger partial charge in [0.2, 0.25) is 11.7 Å². The second-order valence-corrected chi connectivity index (χ2v) is 5.53. The largest absolute Gasteiger partial charge is 0.497 e. The van der Waals surface area contributed by atoms with Crippen molar-refractivity contribution in [3.63, 3.8) is 0 Å². The molecule has 0 fully saturated rings. The summed E-state index contributed by atoms with van der Waals surface area (Å²) in [5.41, 5.74) is 0.997. The van der Waals surface area contributed by atoms with Crippen LogP contribution in [0.4, 0.5) is 8.78 Å². The Bertz CT molecular complexity index is 867. The molecule has 0 radical (unpaired) electrons. The van der Waals surface area contributed by atoms with Crippen LogP contribution in [0.15, 0.2) is 47.0 Å². The summed E-state index contributed by atoms with van der Waals surface area (Å²) < 4.78 is 37.3. The minimum Gasteiger partial charge on any atom is -0.497 e. The lowest BCUT2D eigenvalue weighted by atomic mass is 10.2. The van der Waals surface area contributed by atoms with Crippen molar-refractivity contribution in [3.05, 3.63) is 65.6 Å². The second-order valence-electron chi connectivity index (χ2n) is 5.53. The van der Waals surface area contributed by atoms with Crippen molar-refractivity contribution < 1.29 is 18.0 Å². The van der Waals surface area contributed by atoms with Crippen LogP contribution in [0.1, 0.15) is 24.4 Å². The van der Waals surface area contributed by atoms with Gasteiger partial charge in [-0.15, -0.1) is 0 Å². The van der Waals surface area contributed by atoms with E-state index in [1.807, 2.05) is 18.2 Å². The van der Waals surface area contributed by atoms with Crippen LogP contribution in [0.2, 0.25) is 0 Å². The number of nitrogens with one attached hydrogen (secondary N) is 1. The van der Waals surface area contributed by atoms with Crippen LogP contribution in [-0.4, -0.2) is 17.3 Å². The smallest absolute Gasteiger partial charge is 0.243 e. The van der Waals surface area contributed by atoms with Crippen LogP contribution in [0.25, 0.3) is 11.4 Å². The summed E-state index contributed by atoms with van der Waals surface area (Å²) in [6, 6.07) is 10.3. The SMILES string of the molecule is COc1cccc(-c2noc([C@H](C)NCc3cc(F)ccc3F)n2)c1. The van der Waals surface area contributed by atoms with Crippen LogP contribution >= 0.6 is 0 Å². The second kappa shape index (κ2) is 7.40. The molecule has 0 amide bonds. The molecular formula is C18H17F2N3O2. The van der Waals surface area contributed by atoms with E-state index in [0.717, 1.165) is 23.8 Å². The molecule has 25 heavy (non-hydrogen) atoms. The highest BCUT2D eigenvalue weighted by Gasteiger charge is 2.16. The Morgan fingerprint density at radius 2 is 2.04 bits per heavy atom. The normalized spacial score (nSPS) is 12.2. The number of nitrogens with zero attached hydrogens (tertiary/aromatic N) is 2. The average molecular weight is 345 g/mol. The zero-order valence-electron chi connectivity index (χ0n) is 13.8.